The summed E-state index contributed by atoms with van der Waals surface area (Å²) >= 11 is 0. The number of hydrogen-bond donors (Lipinski definition) is 1. The Morgan fingerprint density at radius 3 is 2.92 bits per heavy atom. The van der Waals surface area contributed by atoms with Gasteiger partial charge in [0.2, 0.25) is 0 Å². The summed E-state index contributed by atoms with van der Waals surface area (Å²) in [5, 5.41) is 2.17. The van der Waals surface area contributed by atoms with E-state index in [4.69, 9.17) is 5.73 Å². The van der Waals surface area contributed by atoms with Crippen LogP contribution in [-0.4, -0.2) is 4.98 Å². The lowest BCUT2D eigenvalue weighted by atomic mass is 10.1. The lowest BCUT2D eigenvalue weighted by molar-refractivity contribution is 1.05. The second kappa shape index (κ2) is 2.63. The summed E-state index contributed by atoms with van der Waals surface area (Å²) in [7, 11) is 0. The number of rotatable bonds is 0. The molecule has 0 fully saturated rings. The van der Waals surface area contributed by atoms with Crippen molar-refractivity contribution in [2.24, 2.45) is 0 Å². The van der Waals surface area contributed by atoms with Gasteiger partial charge in [-0.25, -0.2) is 0 Å². The van der Waals surface area contributed by atoms with Crippen molar-refractivity contribution in [2.75, 3.05) is 5.73 Å². The maximum Gasteiger partial charge on any atom is 0.0682 e. The van der Waals surface area contributed by atoms with Gasteiger partial charge in [0, 0.05) is 16.6 Å². The number of nitrogens with two attached hydrogens (primary N) is 1. The van der Waals surface area contributed by atoms with E-state index in [1.165, 1.54) is 0 Å². The molecule has 0 aliphatic heterocycles. The van der Waals surface area contributed by atoms with E-state index >= 15 is 0 Å². The summed E-state index contributed by atoms with van der Waals surface area (Å²) < 4.78 is 0. The second-order valence-electron chi connectivity index (χ2n) is 3.14. The number of aromatic nitrogens is 1. The van der Waals surface area contributed by atoms with Crippen molar-refractivity contribution in [2.45, 2.75) is 19.8 Å². The quantitative estimate of drug-likeness (QED) is 0.594. The molecule has 0 bridgehead atoms. The molecule has 0 atom stereocenters. The molecule has 12 heavy (non-hydrogen) atoms. The molecule has 0 radical (unpaired) electrons. The van der Waals surface area contributed by atoms with E-state index in [9.17, 15) is 0 Å². The molecule has 2 heteroatoms. The van der Waals surface area contributed by atoms with Crippen LogP contribution in [0.25, 0.3) is 12.2 Å². The van der Waals surface area contributed by atoms with E-state index in [2.05, 4.69) is 17.1 Å². The third-order valence-electron chi connectivity index (χ3n) is 2.10. The van der Waals surface area contributed by atoms with Gasteiger partial charge >= 0.3 is 0 Å². The second-order valence-corrected chi connectivity index (χ2v) is 3.14. The largest absolute Gasteiger partial charge is 0.398 e. The summed E-state index contributed by atoms with van der Waals surface area (Å²) in [5.74, 6) is 0. The van der Waals surface area contributed by atoms with E-state index in [1.54, 1.807) is 0 Å². The zero-order chi connectivity index (χ0) is 8.55. The third kappa shape index (κ3) is 1.09. The number of nitrogen functional groups attached to an aromatic ring is 1. The highest BCUT2D eigenvalue weighted by molar-refractivity contribution is 5.49. The lowest BCUT2D eigenvalue weighted by Crippen LogP contribution is -2.33. The molecule has 0 amide bonds. The van der Waals surface area contributed by atoms with Crippen LogP contribution in [0.15, 0.2) is 6.07 Å². The van der Waals surface area contributed by atoms with E-state index in [1.807, 2.05) is 13.0 Å². The first-order valence-electron chi connectivity index (χ1n) is 4.21. The number of hydrogen-bond acceptors (Lipinski definition) is 2. The molecule has 0 spiro atoms. The number of fused-ring (bicyclic) bond motifs is 1. The Morgan fingerprint density at radius 1 is 1.33 bits per heavy atom. The van der Waals surface area contributed by atoms with Crippen molar-refractivity contribution in [3.05, 3.63) is 22.3 Å². The van der Waals surface area contributed by atoms with Gasteiger partial charge in [0.05, 0.1) is 5.35 Å². The van der Waals surface area contributed by atoms with E-state index in [0.29, 0.717) is 0 Å². The van der Waals surface area contributed by atoms with Crippen LogP contribution in [0.5, 0.6) is 0 Å². The van der Waals surface area contributed by atoms with Crippen LogP contribution >= 0.6 is 0 Å². The number of anilines is 1. The maximum atomic E-state index is 5.85. The van der Waals surface area contributed by atoms with Crippen molar-refractivity contribution in [3.63, 3.8) is 0 Å². The smallest absolute Gasteiger partial charge is 0.0682 e. The van der Waals surface area contributed by atoms with Crippen LogP contribution in [0, 0.1) is 6.92 Å². The topological polar surface area (TPSA) is 38.9 Å². The van der Waals surface area contributed by atoms with Gasteiger partial charge in [-0.15, -0.1) is 0 Å². The summed E-state index contributed by atoms with van der Waals surface area (Å²) in [6.45, 7) is 1.97. The van der Waals surface area contributed by atoms with Crippen molar-refractivity contribution in [1.29, 1.82) is 0 Å². The van der Waals surface area contributed by atoms with Gasteiger partial charge in [-0.3, -0.25) is 4.98 Å². The Hall–Kier alpha value is -1.31. The van der Waals surface area contributed by atoms with Crippen LogP contribution in [0.1, 0.15) is 18.5 Å². The molecule has 1 aromatic heterocycles. The van der Waals surface area contributed by atoms with Gasteiger partial charge in [-0.05, 0) is 25.8 Å². The molecule has 2 nitrogen and oxygen atoms in total. The molecular formula is C10H12N2. The first kappa shape index (κ1) is 7.35. The molecule has 0 aromatic carbocycles. The molecule has 0 saturated carbocycles. The van der Waals surface area contributed by atoms with E-state index < -0.39 is 0 Å². The SMILES string of the molecule is Cc1cc(N)c2c(n1)=CCCC=2. The van der Waals surface area contributed by atoms with Gasteiger partial charge in [-0.2, -0.15) is 0 Å². The molecular weight excluding hydrogens is 148 g/mol. The zero-order valence-electron chi connectivity index (χ0n) is 7.17. The molecule has 0 saturated heterocycles. The monoisotopic (exact) mass is 160 g/mol. The summed E-state index contributed by atoms with van der Waals surface area (Å²) in [5.41, 5.74) is 7.70. The Labute approximate surface area is 71.4 Å². The minimum atomic E-state index is 0.855. The normalized spacial score (nSPS) is 14.4. The minimum absolute atomic E-state index is 0.855. The maximum absolute atomic E-state index is 5.85. The Morgan fingerprint density at radius 2 is 2.08 bits per heavy atom. The molecule has 1 aliphatic rings. The molecule has 1 aliphatic carbocycles. The standard InChI is InChI=1S/C10H12N2/c1-7-6-9(11)8-4-2-3-5-10(8)12-7/h4-6H,2-3,11H2,1H3. The summed E-state index contributed by atoms with van der Waals surface area (Å²) in [6.07, 6.45) is 6.49. The predicted molar refractivity (Wildman–Crippen MR) is 50.8 cm³/mol. The third-order valence-corrected chi connectivity index (χ3v) is 2.10. The van der Waals surface area contributed by atoms with Crippen LogP contribution in [0.4, 0.5) is 5.69 Å². The molecule has 2 rings (SSSR count). The summed E-state index contributed by atoms with van der Waals surface area (Å²) in [4.78, 5) is 4.41. The lowest BCUT2D eigenvalue weighted by Gasteiger charge is -2.03. The highest BCUT2D eigenvalue weighted by atomic mass is 14.7. The van der Waals surface area contributed by atoms with Crippen molar-refractivity contribution in [1.82, 2.24) is 4.98 Å². The van der Waals surface area contributed by atoms with Crippen molar-refractivity contribution < 1.29 is 0 Å². The van der Waals surface area contributed by atoms with Crippen LogP contribution in [0.3, 0.4) is 0 Å². The van der Waals surface area contributed by atoms with Gasteiger partial charge in [0.25, 0.3) is 0 Å². The Balaban J connectivity index is 2.87. The van der Waals surface area contributed by atoms with E-state index in [-0.39, 0.29) is 0 Å². The fraction of sp³-hybridized carbons (Fsp3) is 0.300. The van der Waals surface area contributed by atoms with Crippen LogP contribution < -0.4 is 16.3 Å². The van der Waals surface area contributed by atoms with Crippen LogP contribution in [0.2, 0.25) is 0 Å². The Bertz CT molecular complexity index is 418. The molecule has 62 valence electrons. The number of pyridine rings is 1. The van der Waals surface area contributed by atoms with Gasteiger partial charge in [0.1, 0.15) is 0 Å². The number of aryl methyl sites for hydroxylation is 1. The van der Waals surface area contributed by atoms with Crippen molar-refractivity contribution >= 4 is 17.8 Å². The summed E-state index contributed by atoms with van der Waals surface area (Å²) in [6, 6.07) is 1.93. The van der Waals surface area contributed by atoms with Crippen molar-refractivity contribution in [3.8, 4) is 0 Å². The first-order chi connectivity index (χ1) is 5.77. The van der Waals surface area contributed by atoms with Gasteiger partial charge in [-0.1, -0.05) is 12.2 Å². The fourth-order valence-electron chi connectivity index (χ4n) is 1.56. The predicted octanol–water partition coefficient (Wildman–Crippen LogP) is 0.327. The molecule has 1 heterocycles. The van der Waals surface area contributed by atoms with Crippen LogP contribution in [-0.2, 0) is 0 Å². The van der Waals surface area contributed by atoms with E-state index in [0.717, 1.165) is 34.8 Å². The Kier molecular flexibility index (Phi) is 1.61. The highest BCUT2D eigenvalue weighted by Gasteiger charge is 1.98. The minimum Gasteiger partial charge on any atom is -0.398 e. The highest BCUT2D eigenvalue weighted by Crippen LogP contribution is 1.99. The van der Waals surface area contributed by atoms with Gasteiger partial charge in [0.15, 0.2) is 0 Å². The average molecular weight is 160 g/mol. The zero-order valence-corrected chi connectivity index (χ0v) is 7.17. The molecule has 1 aromatic rings. The average Bonchev–Trinajstić information content (AvgIpc) is 2.04. The fourth-order valence-corrected chi connectivity index (χ4v) is 1.56. The number of nitrogens with zero attached hydrogens (tertiary/aromatic N) is 1. The van der Waals surface area contributed by atoms with Gasteiger partial charge < -0.3 is 5.73 Å². The molecule has 2 N–H and O–H groups in total. The first-order valence-corrected chi connectivity index (χ1v) is 4.21. The molecule has 0 unspecified atom stereocenters.